The number of hydrogen-bond donors (Lipinski definition) is 0. The van der Waals surface area contributed by atoms with E-state index in [1.165, 1.54) is 0 Å². The zero-order valence-corrected chi connectivity index (χ0v) is 14.8. The van der Waals surface area contributed by atoms with Gasteiger partial charge in [0.1, 0.15) is 0 Å². The molecule has 124 valence electrons. The van der Waals surface area contributed by atoms with Crippen LogP contribution >= 0.6 is 0 Å². The van der Waals surface area contributed by atoms with Gasteiger partial charge in [-0.15, -0.1) is 0 Å². The summed E-state index contributed by atoms with van der Waals surface area (Å²) in [6.45, 7) is 8.48. The second-order valence-electron chi connectivity index (χ2n) is 7.07. The molecule has 0 spiro atoms. The van der Waals surface area contributed by atoms with Gasteiger partial charge in [-0.1, -0.05) is 20.8 Å². The van der Waals surface area contributed by atoms with Crippen molar-refractivity contribution in [2.45, 2.75) is 44.8 Å². The van der Waals surface area contributed by atoms with Gasteiger partial charge in [0.25, 0.3) is 5.91 Å². The van der Waals surface area contributed by atoms with E-state index in [2.05, 4.69) is 5.10 Å². The van der Waals surface area contributed by atoms with Gasteiger partial charge in [-0.25, -0.2) is 8.42 Å². The first-order valence-electron chi connectivity index (χ1n) is 7.57. The van der Waals surface area contributed by atoms with Gasteiger partial charge in [0.2, 0.25) is 0 Å². The standard InChI is InChI=1S/C15H25N3O3S/c1-11-6-7-18(8-9-22(11,20)21)14(19)12-10-17(5)16-13(12)15(2,3)4/h10-11H,6-9H2,1-5H3/t11-/m1/s1. The molecular formula is C15H25N3O3S. The molecule has 1 aromatic rings. The zero-order valence-electron chi connectivity index (χ0n) is 14.0. The predicted octanol–water partition coefficient (Wildman–Crippen LogP) is 1.37. The smallest absolute Gasteiger partial charge is 0.257 e. The fraction of sp³-hybridized carbons (Fsp3) is 0.733. The number of aromatic nitrogens is 2. The minimum absolute atomic E-state index is 0.0328. The summed E-state index contributed by atoms with van der Waals surface area (Å²) >= 11 is 0. The van der Waals surface area contributed by atoms with Crippen LogP contribution in [0.5, 0.6) is 0 Å². The Hall–Kier alpha value is -1.37. The second kappa shape index (κ2) is 5.68. The SMILES string of the molecule is C[C@@H]1CCN(C(=O)c2cn(C)nc2C(C)(C)C)CCS1(=O)=O. The Kier molecular flexibility index (Phi) is 4.39. The van der Waals surface area contributed by atoms with Crippen LogP contribution in [0.4, 0.5) is 0 Å². The lowest BCUT2D eigenvalue weighted by molar-refractivity contribution is 0.0764. The van der Waals surface area contributed by atoms with E-state index < -0.39 is 9.84 Å². The third-order valence-electron chi connectivity index (χ3n) is 4.12. The van der Waals surface area contributed by atoms with Crippen LogP contribution in [0.25, 0.3) is 0 Å². The largest absolute Gasteiger partial charge is 0.337 e. The van der Waals surface area contributed by atoms with Crippen LogP contribution in [0, 0.1) is 0 Å². The van der Waals surface area contributed by atoms with Crippen molar-refractivity contribution in [1.29, 1.82) is 0 Å². The molecule has 1 aliphatic heterocycles. The summed E-state index contributed by atoms with van der Waals surface area (Å²) < 4.78 is 25.6. The molecule has 0 bridgehead atoms. The quantitative estimate of drug-likeness (QED) is 0.781. The van der Waals surface area contributed by atoms with E-state index in [0.717, 1.165) is 5.69 Å². The summed E-state index contributed by atoms with van der Waals surface area (Å²) in [5.41, 5.74) is 1.08. The highest BCUT2D eigenvalue weighted by Gasteiger charge is 2.32. The number of hydrogen-bond acceptors (Lipinski definition) is 4. The van der Waals surface area contributed by atoms with Crippen LogP contribution in [0.1, 0.15) is 50.2 Å². The van der Waals surface area contributed by atoms with Gasteiger partial charge in [-0.05, 0) is 13.3 Å². The first-order chi connectivity index (χ1) is 10.0. The molecule has 2 heterocycles. The highest BCUT2D eigenvalue weighted by molar-refractivity contribution is 7.92. The fourth-order valence-electron chi connectivity index (χ4n) is 2.64. The number of amides is 1. The zero-order chi connectivity index (χ0) is 16.7. The van der Waals surface area contributed by atoms with Gasteiger partial charge in [0.05, 0.1) is 22.3 Å². The molecule has 2 rings (SSSR count). The molecule has 1 fully saturated rings. The molecule has 7 heteroatoms. The molecule has 0 saturated carbocycles. The molecule has 1 amide bonds. The maximum absolute atomic E-state index is 12.8. The highest BCUT2D eigenvalue weighted by Crippen LogP contribution is 2.26. The molecule has 0 radical (unpaired) electrons. The van der Waals surface area contributed by atoms with E-state index in [1.54, 1.807) is 29.7 Å². The number of carbonyl (C=O) groups is 1. The normalized spacial score (nSPS) is 22.4. The summed E-state index contributed by atoms with van der Waals surface area (Å²) in [4.78, 5) is 14.5. The summed E-state index contributed by atoms with van der Waals surface area (Å²) in [6.07, 6.45) is 2.21. The molecule has 6 nitrogen and oxygen atoms in total. The van der Waals surface area contributed by atoms with Crippen molar-refractivity contribution in [3.05, 3.63) is 17.5 Å². The van der Waals surface area contributed by atoms with Crippen LogP contribution in [0.2, 0.25) is 0 Å². The van der Waals surface area contributed by atoms with Crippen molar-refractivity contribution in [3.63, 3.8) is 0 Å². The van der Waals surface area contributed by atoms with E-state index >= 15 is 0 Å². The van der Waals surface area contributed by atoms with Crippen molar-refractivity contribution in [2.24, 2.45) is 7.05 Å². The average molecular weight is 327 g/mol. The lowest BCUT2D eigenvalue weighted by Crippen LogP contribution is -2.34. The van der Waals surface area contributed by atoms with E-state index in [-0.39, 0.29) is 28.9 Å². The summed E-state index contributed by atoms with van der Waals surface area (Å²) in [6, 6.07) is 0. The van der Waals surface area contributed by atoms with Crippen molar-refractivity contribution >= 4 is 15.7 Å². The Morgan fingerprint density at radius 3 is 2.55 bits per heavy atom. The lowest BCUT2D eigenvalue weighted by atomic mass is 9.89. The van der Waals surface area contributed by atoms with Gasteiger partial charge in [0, 0.05) is 31.7 Å². The van der Waals surface area contributed by atoms with Crippen LogP contribution in [0.15, 0.2) is 6.20 Å². The predicted molar refractivity (Wildman–Crippen MR) is 85.7 cm³/mol. The molecule has 1 aromatic heterocycles. The first kappa shape index (κ1) is 17.0. The van der Waals surface area contributed by atoms with Gasteiger partial charge < -0.3 is 4.90 Å². The molecular weight excluding hydrogens is 302 g/mol. The Bertz CT molecular complexity index is 671. The monoisotopic (exact) mass is 327 g/mol. The van der Waals surface area contributed by atoms with Crippen LogP contribution in [0.3, 0.4) is 0 Å². The van der Waals surface area contributed by atoms with Gasteiger partial charge in [-0.3, -0.25) is 9.48 Å². The number of nitrogens with zero attached hydrogens (tertiary/aromatic N) is 3. The summed E-state index contributed by atoms with van der Waals surface area (Å²) in [5, 5.41) is 4.03. The Morgan fingerprint density at radius 1 is 1.32 bits per heavy atom. The van der Waals surface area contributed by atoms with Gasteiger partial charge >= 0.3 is 0 Å². The first-order valence-corrected chi connectivity index (χ1v) is 9.29. The van der Waals surface area contributed by atoms with Crippen molar-refractivity contribution in [3.8, 4) is 0 Å². The van der Waals surface area contributed by atoms with Crippen LogP contribution in [-0.2, 0) is 22.3 Å². The Balaban J connectivity index is 2.30. The maximum atomic E-state index is 12.8. The number of sulfone groups is 1. The highest BCUT2D eigenvalue weighted by atomic mass is 32.2. The minimum Gasteiger partial charge on any atom is -0.337 e. The third-order valence-corrected chi connectivity index (χ3v) is 6.33. The summed E-state index contributed by atoms with van der Waals surface area (Å²) in [7, 11) is -1.30. The van der Waals surface area contributed by atoms with Crippen molar-refractivity contribution < 1.29 is 13.2 Å². The van der Waals surface area contributed by atoms with Crippen molar-refractivity contribution in [1.82, 2.24) is 14.7 Å². The topological polar surface area (TPSA) is 72.3 Å². The molecule has 22 heavy (non-hydrogen) atoms. The van der Waals surface area contributed by atoms with Gasteiger partial charge in [0.15, 0.2) is 9.84 Å². The number of carbonyl (C=O) groups excluding carboxylic acids is 1. The third kappa shape index (κ3) is 3.34. The van der Waals surface area contributed by atoms with Crippen LogP contribution < -0.4 is 0 Å². The van der Waals surface area contributed by atoms with Gasteiger partial charge in [-0.2, -0.15) is 5.10 Å². The molecule has 0 aliphatic carbocycles. The maximum Gasteiger partial charge on any atom is 0.257 e. The fourth-order valence-corrected chi connectivity index (χ4v) is 3.98. The number of aryl methyl sites for hydroxylation is 1. The molecule has 1 saturated heterocycles. The average Bonchev–Trinajstić information content (AvgIpc) is 2.73. The van der Waals surface area contributed by atoms with E-state index in [4.69, 9.17) is 0 Å². The Morgan fingerprint density at radius 2 is 1.95 bits per heavy atom. The minimum atomic E-state index is -3.09. The summed E-state index contributed by atoms with van der Waals surface area (Å²) in [5.74, 6) is -0.0901. The second-order valence-corrected chi connectivity index (χ2v) is 9.61. The van der Waals surface area contributed by atoms with Crippen molar-refractivity contribution in [2.75, 3.05) is 18.8 Å². The molecule has 0 aromatic carbocycles. The molecule has 1 aliphatic rings. The van der Waals surface area contributed by atoms with E-state index in [9.17, 15) is 13.2 Å². The lowest BCUT2D eigenvalue weighted by Gasteiger charge is -2.22. The number of rotatable bonds is 1. The molecule has 1 atom stereocenters. The Labute approximate surface area is 132 Å². The van der Waals surface area contributed by atoms with E-state index in [1.807, 2.05) is 20.8 Å². The molecule has 0 N–H and O–H groups in total. The van der Waals surface area contributed by atoms with Crippen LogP contribution in [-0.4, -0.2) is 53.1 Å². The van der Waals surface area contributed by atoms with E-state index in [0.29, 0.717) is 18.5 Å². The molecule has 0 unspecified atom stereocenters.